The fraction of sp³-hybridized carbons (Fsp3) is 0.500. The maximum absolute atomic E-state index is 14.7. The molecule has 1 saturated carbocycles. The van der Waals surface area contributed by atoms with Gasteiger partial charge in [-0.05, 0) is 72.4 Å². The molecule has 2 aromatic rings. The second-order valence-electron chi connectivity index (χ2n) is 8.08. The summed E-state index contributed by atoms with van der Waals surface area (Å²) in [6.07, 6.45) is 4.15. The summed E-state index contributed by atoms with van der Waals surface area (Å²) in [5.74, 6) is 0.729. The zero-order valence-corrected chi connectivity index (χ0v) is 16.8. The van der Waals surface area contributed by atoms with E-state index in [1.54, 1.807) is 6.07 Å². The van der Waals surface area contributed by atoms with E-state index in [0.29, 0.717) is 17.9 Å². The third-order valence-electron chi connectivity index (χ3n) is 5.91. The maximum Gasteiger partial charge on any atom is 0.573 e. The average Bonchev–Trinajstić information content (AvgIpc) is 2.68. The van der Waals surface area contributed by atoms with Gasteiger partial charge in [-0.3, -0.25) is 0 Å². The highest BCUT2D eigenvalue weighted by Gasteiger charge is 2.31. The van der Waals surface area contributed by atoms with Gasteiger partial charge >= 0.3 is 6.36 Å². The lowest BCUT2D eigenvalue weighted by Gasteiger charge is -2.29. The molecule has 0 unspecified atom stereocenters. The highest BCUT2D eigenvalue weighted by molar-refractivity contribution is 5.34. The van der Waals surface area contributed by atoms with Gasteiger partial charge in [-0.2, -0.15) is 0 Å². The molecule has 0 atom stereocenters. The molecule has 1 nitrogen and oxygen atoms in total. The standard InChI is InChI=1S/C24H28F4O/c1-2-3-4-17-5-9-19(10-6-17)20-11-12-21(23(25)16-20)15-18-7-13-22(14-8-18)29-24(26,27)28/h7-8,11-14,16-17,19H,2-6,9-10,15H2,1H3. The highest BCUT2D eigenvalue weighted by atomic mass is 19.4. The predicted octanol–water partition coefficient (Wildman–Crippen LogP) is 7.78. The van der Waals surface area contributed by atoms with Crippen molar-refractivity contribution in [3.8, 4) is 5.75 Å². The van der Waals surface area contributed by atoms with Crippen LogP contribution in [-0.2, 0) is 6.42 Å². The molecule has 0 saturated heterocycles. The molecule has 0 aliphatic heterocycles. The van der Waals surface area contributed by atoms with Gasteiger partial charge in [-0.15, -0.1) is 13.2 Å². The average molecular weight is 408 g/mol. The van der Waals surface area contributed by atoms with Gasteiger partial charge in [-0.1, -0.05) is 50.5 Å². The van der Waals surface area contributed by atoms with E-state index in [1.807, 2.05) is 12.1 Å². The van der Waals surface area contributed by atoms with Gasteiger partial charge in [0.2, 0.25) is 0 Å². The van der Waals surface area contributed by atoms with Crippen LogP contribution in [0.25, 0.3) is 0 Å². The van der Waals surface area contributed by atoms with Crippen LogP contribution in [0, 0.1) is 11.7 Å². The van der Waals surface area contributed by atoms with Gasteiger partial charge in [0, 0.05) is 6.42 Å². The molecular formula is C24H28F4O. The predicted molar refractivity (Wildman–Crippen MR) is 107 cm³/mol. The van der Waals surface area contributed by atoms with E-state index in [0.717, 1.165) is 29.9 Å². The topological polar surface area (TPSA) is 9.23 Å². The summed E-state index contributed by atoms with van der Waals surface area (Å²) in [6.45, 7) is 2.22. The molecule has 1 fully saturated rings. The minimum Gasteiger partial charge on any atom is -0.406 e. The number of alkyl halides is 3. The van der Waals surface area contributed by atoms with E-state index in [2.05, 4.69) is 11.7 Å². The minimum absolute atomic E-state index is 0.244. The zero-order valence-electron chi connectivity index (χ0n) is 16.8. The summed E-state index contributed by atoms with van der Waals surface area (Å²) < 4.78 is 55.2. The highest BCUT2D eigenvalue weighted by Crippen LogP contribution is 2.38. The van der Waals surface area contributed by atoms with Crippen LogP contribution >= 0.6 is 0 Å². The molecule has 0 bridgehead atoms. The molecule has 2 aromatic carbocycles. The van der Waals surface area contributed by atoms with E-state index in [9.17, 15) is 17.6 Å². The van der Waals surface area contributed by atoms with Crippen LogP contribution < -0.4 is 4.74 Å². The van der Waals surface area contributed by atoms with Crippen LogP contribution in [0.1, 0.15) is 74.5 Å². The van der Waals surface area contributed by atoms with Gasteiger partial charge in [0.15, 0.2) is 0 Å². The molecule has 0 radical (unpaired) electrons. The van der Waals surface area contributed by atoms with E-state index >= 15 is 0 Å². The van der Waals surface area contributed by atoms with Crippen LogP contribution in [-0.4, -0.2) is 6.36 Å². The third kappa shape index (κ3) is 6.48. The molecule has 3 rings (SSSR count). The Hall–Kier alpha value is -2.04. The lowest BCUT2D eigenvalue weighted by molar-refractivity contribution is -0.274. The number of hydrogen-bond acceptors (Lipinski definition) is 1. The normalized spacial score (nSPS) is 19.9. The molecule has 29 heavy (non-hydrogen) atoms. The Bertz CT molecular complexity index is 774. The Morgan fingerprint density at radius 1 is 0.966 bits per heavy atom. The van der Waals surface area contributed by atoms with Crippen molar-refractivity contribution in [2.24, 2.45) is 5.92 Å². The Kier molecular flexibility index (Phi) is 7.20. The number of halogens is 4. The van der Waals surface area contributed by atoms with Gasteiger partial charge in [-0.25, -0.2) is 4.39 Å². The first-order chi connectivity index (χ1) is 13.8. The number of rotatable bonds is 7. The van der Waals surface area contributed by atoms with Gasteiger partial charge in [0.1, 0.15) is 11.6 Å². The first-order valence-electron chi connectivity index (χ1n) is 10.5. The summed E-state index contributed by atoms with van der Waals surface area (Å²) in [4.78, 5) is 0. The summed E-state index contributed by atoms with van der Waals surface area (Å²) in [6, 6.07) is 11.0. The first kappa shape index (κ1) is 21.7. The van der Waals surface area contributed by atoms with Crippen molar-refractivity contribution in [3.63, 3.8) is 0 Å². The maximum atomic E-state index is 14.7. The molecule has 0 amide bonds. The second-order valence-corrected chi connectivity index (χ2v) is 8.08. The minimum atomic E-state index is -4.71. The van der Waals surface area contributed by atoms with Crippen molar-refractivity contribution in [1.82, 2.24) is 0 Å². The molecular weight excluding hydrogens is 380 g/mol. The first-order valence-corrected chi connectivity index (χ1v) is 10.5. The molecule has 0 aromatic heterocycles. The fourth-order valence-corrected chi connectivity index (χ4v) is 4.27. The van der Waals surface area contributed by atoms with Crippen LogP contribution in [0.15, 0.2) is 42.5 Å². The smallest absolute Gasteiger partial charge is 0.406 e. The van der Waals surface area contributed by atoms with Crippen molar-refractivity contribution < 1.29 is 22.3 Å². The Morgan fingerprint density at radius 3 is 2.24 bits per heavy atom. The van der Waals surface area contributed by atoms with Crippen molar-refractivity contribution in [2.75, 3.05) is 0 Å². The number of unbranched alkanes of at least 4 members (excludes halogenated alkanes) is 1. The third-order valence-corrected chi connectivity index (χ3v) is 5.91. The van der Waals surface area contributed by atoms with Gasteiger partial charge in [0.25, 0.3) is 0 Å². The summed E-state index contributed by atoms with van der Waals surface area (Å²) in [5, 5.41) is 0. The quantitative estimate of drug-likeness (QED) is 0.425. The molecule has 0 heterocycles. The summed E-state index contributed by atoms with van der Waals surface area (Å²) >= 11 is 0. The lowest BCUT2D eigenvalue weighted by Crippen LogP contribution is -2.17. The lowest BCUT2D eigenvalue weighted by atomic mass is 9.77. The van der Waals surface area contributed by atoms with Crippen molar-refractivity contribution in [2.45, 2.75) is 70.6 Å². The van der Waals surface area contributed by atoms with E-state index in [1.165, 1.54) is 56.4 Å². The van der Waals surface area contributed by atoms with Gasteiger partial charge < -0.3 is 4.74 Å². The SMILES string of the molecule is CCCCC1CCC(c2ccc(Cc3ccc(OC(F)(F)F)cc3)c(F)c2)CC1. The van der Waals surface area contributed by atoms with Crippen LogP contribution in [0.3, 0.4) is 0 Å². The molecule has 158 valence electrons. The molecule has 0 spiro atoms. The fourth-order valence-electron chi connectivity index (χ4n) is 4.27. The monoisotopic (exact) mass is 408 g/mol. The summed E-state index contributed by atoms with van der Waals surface area (Å²) in [5.41, 5.74) is 2.35. The zero-order chi connectivity index (χ0) is 20.9. The van der Waals surface area contributed by atoms with Crippen molar-refractivity contribution in [1.29, 1.82) is 0 Å². The van der Waals surface area contributed by atoms with E-state index < -0.39 is 6.36 Å². The van der Waals surface area contributed by atoms with Crippen LogP contribution in [0.5, 0.6) is 5.75 Å². The molecule has 5 heteroatoms. The van der Waals surface area contributed by atoms with Gasteiger partial charge in [0.05, 0.1) is 0 Å². The number of benzene rings is 2. The number of ether oxygens (including phenoxy) is 1. The van der Waals surface area contributed by atoms with Crippen LogP contribution in [0.4, 0.5) is 17.6 Å². The Morgan fingerprint density at radius 2 is 1.66 bits per heavy atom. The molecule has 1 aliphatic rings. The van der Waals surface area contributed by atoms with Crippen molar-refractivity contribution >= 4 is 0 Å². The summed E-state index contributed by atoms with van der Waals surface area (Å²) in [7, 11) is 0. The number of hydrogen-bond donors (Lipinski definition) is 0. The Balaban J connectivity index is 1.59. The van der Waals surface area contributed by atoms with E-state index in [-0.39, 0.29) is 11.6 Å². The van der Waals surface area contributed by atoms with E-state index in [4.69, 9.17) is 0 Å². The van der Waals surface area contributed by atoms with Crippen LogP contribution in [0.2, 0.25) is 0 Å². The molecule has 1 aliphatic carbocycles. The second kappa shape index (κ2) is 9.64. The molecule has 0 N–H and O–H groups in total. The largest absolute Gasteiger partial charge is 0.573 e. The van der Waals surface area contributed by atoms with Crippen molar-refractivity contribution in [3.05, 3.63) is 65.0 Å². The Labute approximate surface area is 170 Å².